The quantitative estimate of drug-likeness (QED) is 0.690. The normalized spacial score (nSPS) is 13.8. The highest BCUT2D eigenvalue weighted by Crippen LogP contribution is 2.27. The molecule has 25 heavy (non-hydrogen) atoms. The van der Waals surface area contributed by atoms with Crippen molar-refractivity contribution in [3.05, 3.63) is 77.6 Å². The number of aliphatic imine (C=N–C) groups is 1. The van der Waals surface area contributed by atoms with Gasteiger partial charge in [0.05, 0.1) is 5.69 Å². The van der Waals surface area contributed by atoms with Crippen molar-refractivity contribution in [1.29, 1.82) is 0 Å². The summed E-state index contributed by atoms with van der Waals surface area (Å²) in [6.07, 6.45) is 3.98. The molecule has 0 aliphatic carbocycles. The van der Waals surface area contributed by atoms with Crippen molar-refractivity contribution in [3.63, 3.8) is 0 Å². The van der Waals surface area contributed by atoms with E-state index >= 15 is 0 Å². The second-order valence-electron chi connectivity index (χ2n) is 6.15. The molecule has 0 saturated carbocycles. The van der Waals surface area contributed by atoms with Crippen LogP contribution < -0.4 is 4.90 Å². The topological polar surface area (TPSA) is 41.6 Å². The molecule has 0 saturated heterocycles. The van der Waals surface area contributed by atoms with E-state index in [4.69, 9.17) is 4.52 Å². The summed E-state index contributed by atoms with van der Waals surface area (Å²) in [6, 6.07) is 18.9. The highest BCUT2D eigenvalue weighted by molar-refractivity contribution is 6.11. The third kappa shape index (κ3) is 2.98. The molecular formula is C21H19N3O. The lowest BCUT2D eigenvalue weighted by Gasteiger charge is -2.20. The van der Waals surface area contributed by atoms with Gasteiger partial charge in [-0.3, -0.25) is 9.89 Å². The zero-order chi connectivity index (χ0) is 17.2. The van der Waals surface area contributed by atoms with Gasteiger partial charge in [0.15, 0.2) is 0 Å². The predicted octanol–water partition coefficient (Wildman–Crippen LogP) is 4.85. The van der Waals surface area contributed by atoms with Crippen molar-refractivity contribution < 1.29 is 4.52 Å². The summed E-state index contributed by atoms with van der Waals surface area (Å²) < 4.78 is 5.45. The van der Waals surface area contributed by atoms with Crippen LogP contribution in [0.25, 0.3) is 16.7 Å². The van der Waals surface area contributed by atoms with Crippen LogP contribution in [0.15, 0.2) is 70.3 Å². The lowest BCUT2D eigenvalue weighted by molar-refractivity contribution is 0.417. The Balaban J connectivity index is 1.62. The maximum Gasteiger partial charge on any atom is 0.235 e. The highest BCUT2D eigenvalue weighted by Gasteiger charge is 2.17. The molecule has 0 N–H and O–H groups in total. The van der Waals surface area contributed by atoms with Crippen molar-refractivity contribution >= 4 is 17.7 Å². The second kappa shape index (κ2) is 6.40. The van der Waals surface area contributed by atoms with Gasteiger partial charge in [-0.25, -0.2) is 0 Å². The van der Waals surface area contributed by atoms with Crippen LogP contribution in [0.1, 0.15) is 16.8 Å². The SMILES string of the molecule is Cc1noc(N2C=C(c3ccc(-c4ccccc4)cc3)C=NC2)c1C. The molecule has 0 fully saturated rings. The summed E-state index contributed by atoms with van der Waals surface area (Å²) in [5.41, 5.74) is 6.56. The second-order valence-corrected chi connectivity index (χ2v) is 6.15. The van der Waals surface area contributed by atoms with Gasteiger partial charge in [-0.2, -0.15) is 0 Å². The van der Waals surface area contributed by atoms with E-state index < -0.39 is 0 Å². The van der Waals surface area contributed by atoms with Gasteiger partial charge in [-0.15, -0.1) is 0 Å². The van der Waals surface area contributed by atoms with E-state index in [1.165, 1.54) is 11.1 Å². The van der Waals surface area contributed by atoms with E-state index in [-0.39, 0.29) is 0 Å². The maximum absolute atomic E-state index is 5.45. The molecule has 2 heterocycles. The van der Waals surface area contributed by atoms with Crippen molar-refractivity contribution in [2.45, 2.75) is 13.8 Å². The van der Waals surface area contributed by atoms with Crippen LogP contribution in [-0.2, 0) is 0 Å². The molecule has 0 radical (unpaired) electrons. The van der Waals surface area contributed by atoms with Gasteiger partial charge in [0.25, 0.3) is 0 Å². The minimum absolute atomic E-state index is 0.543. The fraction of sp³-hybridized carbons (Fsp3) is 0.143. The van der Waals surface area contributed by atoms with Crippen LogP contribution in [0.2, 0.25) is 0 Å². The molecule has 4 nitrogen and oxygen atoms in total. The molecule has 0 spiro atoms. The average Bonchev–Trinajstić information content (AvgIpc) is 3.02. The van der Waals surface area contributed by atoms with E-state index in [1.807, 2.05) is 31.0 Å². The van der Waals surface area contributed by atoms with Gasteiger partial charge in [-0.1, -0.05) is 59.8 Å². The molecular weight excluding hydrogens is 310 g/mol. The summed E-state index contributed by atoms with van der Waals surface area (Å²) >= 11 is 0. The van der Waals surface area contributed by atoms with Crippen molar-refractivity contribution in [3.8, 4) is 11.1 Å². The van der Waals surface area contributed by atoms with E-state index in [1.54, 1.807) is 0 Å². The van der Waals surface area contributed by atoms with E-state index in [0.29, 0.717) is 6.67 Å². The van der Waals surface area contributed by atoms with Crippen molar-refractivity contribution in [1.82, 2.24) is 5.16 Å². The Hall–Kier alpha value is -3.14. The summed E-state index contributed by atoms with van der Waals surface area (Å²) in [4.78, 5) is 6.46. The molecule has 3 aromatic rings. The first-order valence-corrected chi connectivity index (χ1v) is 8.29. The first-order chi connectivity index (χ1) is 12.2. The monoisotopic (exact) mass is 329 g/mol. The number of hydrogen-bond donors (Lipinski definition) is 0. The fourth-order valence-electron chi connectivity index (χ4n) is 2.90. The molecule has 4 heteroatoms. The van der Waals surface area contributed by atoms with E-state index in [9.17, 15) is 0 Å². The number of aromatic nitrogens is 1. The third-order valence-corrected chi connectivity index (χ3v) is 4.48. The predicted molar refractivity (Wildman–Crippen MR) is 102 cm³/mol. The maximum atomic E-state index is 5.45. The van der Waals surface area contributed by atoms with Crippen LogP contribution >= 0.6 is 0 Å². The van der Waals surface area contributed by atoms with Crippen LogP contribution in [0.5, 0.6) is 0 Å². The first-order valence-electron chi connectivity index (χ1n) is 8.29. The summed E-state index contributed by atoms with van der Waals surface area (Å²) in [5, 5.41) is 4.04. The number of anilines is 1. The Morgan fingerprint density at radius 3 is 2.24 bits per heavy atom. The summed E-state index contributed by atoms with van der Waals surface area (Å²) in [6.45, 7) is 4.51. The number of rotatable bonds is 3. The van der Waals surface area contributed by atoms with Crippen molar-refractivity contribution in [2.75, 3.05) is 11.6 Å². The number of aryl methyl sites for hydroxylation is 1. The minimum atomic E-state index is 0.543. The minimum Gasteiger partial charge on any atom is -0.338 e. The molecule has 1 aliphatic rings. The lowest BCUT2D eigenvalue weighted by Crippen LogP contribution is -2.20. The molecule has 0 bridgehead atoms. The Kier molecular flexibility index (Phi) is 3.94. The molecule has 0 amide bonds. The first kappa shape index (κ1) is 15.4. The number of nitrogens with zero attached hydrogens (tertiary/aromatic N) is 3. The molecule has 124 valence electrons. The van der Waals surface area contributed by atoms with Gasteiger partial charge in [0.1, 0.15) is 6.67 Å². The molecule has 1 aromatic heterocycles. The van der Waals surface area contributed by atoms with Gasteiger partial charge in [0.2, 0.25) is 5.88 Å². The molecule has 4 rings (SSSR count). The van der Waals surface area contributed by atoms with Gasteiger partial charge < -0.3 is 4.52 Å². The Morgan fingerprint density at radius 2 is 1.56 bits per heavy atom. The largest absolute Gasteiger partial charge is 0.338 e. The Labute approximate surface area is 147 Å². The number of hydrogen-bond acceptors (Lipinski definition) is 4. The van der Waals surface area contributed by atoms with Gasteiger partial charge in [-0.05, 0) is 30.5 Å². The third-order valence-electron chi connectivity index (χ3n) is 4.48. The Bertz CT molecular complexity index is 937. The molecule has 0 unspecified atom stereocenters. The van der Waals surface area contributed by atoms with Crippen LogP contribution in [0, 0.1) is 13.8 Å². The number of benzene rings is 2. The zero-order valence-electron chi connectivity index (χ0n) is 14.3. The van der Waals surface area contributed by atoms with Crippen LogP contribution in [0.3, 0.4) is 0 Å². The standard InChI is InChI=1S/C21H19N3O/c1-15-16(2)23-25-21(15)24-13-20(12-22-14-24)19-10-8-18(9-11-19)17-6-4-3-5-7-17/h3-13H,14H2,1-2H3. The molecule has 2 aromatic carbocycles. The number of allylic oxidation sites excluding steroid dienone is 1. The Morgan fingerprint density at radius 1 is 0.880 bits per heavy atom. The average molecular weight is 329 g/mol. The smallest absolute Gasteiger partial charge is 0.235 e. The lowest BCUT2D eigenvalue weighted by atomic mass is 10.0. The molecule has 1 aliphatic heterocycles. The van der Waals surface area contributed by atoms with Gasteiger partial charge >= 0.3 is 0 Å². The summed E-state index contributed by atoms with van der Waals surface area (Å²) in [5.74, 6) is 0.757. The van der Waals surface area contributed by atoms with Crippen LogP contribution in [0.4, 0.5) is 5.88 Å². The van der Waals surface area contributed by atoms with Crippen molar-refractivity contribution in [2.24, 2.45) is 4.99 Å². The van der Waals surface area contributed by atoms with Gasteiger partial charge in [0, 0.05) is 23.6 Å². The van der Waals surface area contributed by atoms with E-state index in [2.05, 4.69) is 64.9 Å². The zero-order valence-corrected chi connectivity index (χ0v) is 14.3. The van der Waals surface area contributed by atoms with E-state index in [0.717, 1.165) is 28.3 Å². The fourth-order valence-corrected chi connectivity index (χ4v) is 2.90. The highest BCUT2D eigenvalue weighted by atomic mass is 16.5. The summed E-state index contributed by atoms with van der Waals surface area (Å²) in [7, 11) is 0. The van der Waals surface area contributed by atoms with Crippen LogP contribution in [-0.4, -0.2) is 18.0 Å². The molecule has 0 atom stereocenters.